The predicted molar refractivity (Wildman–Crippen MR) is 103 cm³/mol. The molecule has 0 atom stereocenters. The Morgan fingerprint density at radius 3 is 2.54 bits per heavy atom. The second-order valence-corrected chi connectivity index (χ2v) is 6.73. The van der Waals surface area contributed by atoms with Gasteiger partial charge < -0.3 is 15.0 Å². The fourth-order valence-electron chi connectivity index (χ4n) is 3.08. The summed E-state index contributed by atoms with van der Waals surface area (Å²) in [5, 5.41) is 2.82. The number of nitrogens with zero attached hydrogens (tertiary/aromatic N) is 1. The van der Waals surface area contributed by atoms with Crippen molar-refractivity contribution in [3.05, 3.63) is 54.1 Å². The molecule has 0 saturated carbocycles. The Labute approximate surface area is 154 Å². The lowest BCUT2D eigenvalue weighted by molar-refractivity contribution is -0.118. The van der Waals surface area contributed by atoms with Crippen molar-refractivity contribution in [3.8, 4) is 5.75 Å². The van der Waals surface area contributed by atoms with E-state index in [4.69, 9.17) is 4.74 Å². The third-order valence-electron chi connectivity index (χ3n) is 4.44. The quantitative estimate of drug-likeness (QED) is 0.856. The van der Waals surface area contributed by atoms with Gasteiger partial charge in [0.1, 0.15) is 5.75 Å². The van der Waals surface area contributed by atoms with Crippen LogP contribution in [-0.2, 0) is 9.59 Å². The number of hydrogen-bond acceptors (Lipinski definition) is 3. The summed E-state index contributed by atoms with van der Waals surface area (Å²) in [4.78, 5) is 25.7. The summed E-state index contributed by atoms with van der Waals surface area (Å²) in [5.41, 5.74) is 2.64. The van der Waals surface area contributed by atoms with E-state index < -0.39 is 0 Å². The van der Waals surface area contributed by atoms with E-state index in [1.54, 1.807) is 17.0 Å². The number of hydrogen-bond donors (Lipinski definition) is 1. The van der Waals surface area contributed by atoms with Crippen molar-refractivity contribution in [2.24, 2.45) is 0 Å². The molecule has 136 valence electrons. The van der Waals surface area contributed by atoms with Crippen LogP contribution in [0.15, 0.2) is 48.5 Å². The maximum atomic E-state index is 12.2. The normalized spacial score (nSPS) is 14.0. The molecule has 2 amide bonds. The highest BCUT2D eigenvalue weighted by molar-refractivity contribution is 5.96. The molecule has 0 aliphatic carbocycles. The third-order valence-corrected chi connectivity index (χ3v) is 4.44. The first kappa shape index (κ1) is 18.0. The van der Waals surface area contributed by atoms with Crippen LogP contribution in [0.25, 0.3) is 0 Å². The first-order valence-electron chi connectivity index (χ1n) is 8.96. The number of carbonyl (C=O) groups excluding carboxylic acids is 2. The zero-order valence-electron chi connectivity index (χ0n) is 15.2. The van der Waals surface area contributed by atoms with E-state index in [9.17, 15) is 9.59 Å². The molecule has 26 heavy (non-hydrogen) atoms. The molecule has 1 N–H and O–H groups in total. The van der Waals surface area contributed by atoms with E-state index in [1.807, 2.05) is 36.4 Å². The molecule has 1 heterocycles. The number of carbonyl (C=O) groups is 2. The zero-order chi connectivity index (χ0) is 18.5. The van der Waals surface area contributed by atoms with Crippen LogP contribution in [-0.4, -0.2) is 25.0 Å². The van der Waals surface area contributed by atoms with E-state index in [-0.39, 0.29) is 18.4 Å². The van der Waals surface area contributed by atoms with Crippen LogP contribution in [0.2, 0.25) is 0 Å². The molecule has 5 nitrogen and oxygen atoms in total. The van der Waals surface area contributed by atoms with Crippen molar-refractivity contribution in [3.63, 3.8) is 0 Å². The van der Waals surface area contributed by atoms with Crippen LogP contribution in [0.4, 0.5) is 11.4 Å². The van der Waals surface area contributed by atoms with E-state index in [2.05, 4.69) is 19.2 Å². The Balaban J connectivity index is 1.56. The molecule has 0 radical (unpaired) electrons. The van der Waals surface area contributed by atoms with E-state index in [0.29, 0.717) is 18.0 Å². The maximum Gasteiger partial charge on any atom is 0.262 e. The van der Waals surface area contributed by atoms with Crippen LogP contribution in [0.3, 0.4) is 0 Å². The minimum Gasteiger partial charge on any atom is -0.483 e. The van der Waals surface area contributed by atoms with E-state index >= 15 is 0 Å². The van der Waals surface area contributed by atoms with Crippen LogP contribution >= 0.6 is 0 Å². The molecule has 1 aliphatic heterocycles. The van der Waals surface area contributed by atoms with E-state index in [1.165, 1.54) is 0 Å². The molecular weight excluding hydrogens is 328 g/mol. The lowest BCUT2D eigenvalue weighted by atomic mass is 10.0. The van der Waals surface area contributed by atoms with Crippen molar-refractivity contribution in [2.75, 3.05) is 23.4 Å². The smallest absolute Gasteiger partial charge is 0.262 e. The molecule has 0 aromatic heterocycles. The number of rotatable bonds is 6. The monoisotopic (exact) mass is 352 g/mol. The average Bonchev–Trinajstić information content (AvgIpc) is 3.07. The number of ether oxygens (including phenoxy) is 1. The summed E-state index contributed by atoms with van der Waals surface area (Å²) in [6.45, 7) is 4.90. The van der Waals surface area contributed by atoms with Gasteiger partial charge in [0.15, 0.2) is 6.61 Å². The van der Waals surface area contributed by atoms with Gasteiger partial charge in [0, 0.05) is 24.3 Å². The number of anilines is 2. The molecule has 0 bridgehead atoms. The molecule has 1 aliphatic rings. The Kier molecular flexibility index (Phi) is 5.56. The fourth-order valence-corrected chi connectivity index (χ4v) is 3.08. The van der Waals surface area contributed by atoms with Gasteiger partial charge in [0.05, 0.1) is 0 Å². The lowest BCUT2D eigenvalue weighted by Gasteiger charge is -2.16. The minimum absolute atomic E-state index is 0.0455. The molecule has 2 aromatic carbocycles. The predicted octanol–water partition coefficient (Wildman–Crippen LogP) is 3.95. The second kappa shape index (κ2) is 8.04. The van der Waals surface area contributed by atoms with Gasteiger partial charge in [-0.1, -0.05) is 32.0 Å². The van der Waals surface area contributed by atoms with Gasteiger partial charge in [-0.05, 0) is 48.2 Å². The zero-order valence-corrected chi connectivity index (χ0v) is 15.2. The van der Waals surface area contributed by atoms with Crippen molar-refractivity contribution >= 4 is 23.2 Å². The van der Waals surface area contributed by atoms with Crippen molar-refractivity contribution in [2.45, 2.75) is 32.6 Å². The maximum absolute atomic E-state index is 12.2. The van der Waals surface area contributed by atoms with E-state index in [0.717, 1.165) is 30.0 Å². The fraction of sp³-hybridized carbons (Fsp3) is 0.333. The molecule has 0 spiro atoms. The minimum atomic E-state index is -0.214. The van der Waals surface area contributed by atoms with Gasteiger partial charge in [0.2, 0.25) is 5.91 Å². The Bertz CT molecular complexity index is 784. The summed E-state index contributed by atoms with van der Waals surface area (Å²) in [6, 6.07) is 15.1. The molecular formula is C21H24N2O3. The summed E-state index contributed by atoms with van der Waals surface area (Å²) in [6.07, 6.45) is 1.50. The van der Waals surface area contributed by atoms with Gasteiger partial charge in [-0.2, -0.15) is 0 Å². The van der Waals surface area contributed by atoms with Crippen molar-refractivity contribution < 1.29 is 14.3 Å². The van der Waals surface area contributed by atoms with Crippen molar-refractivity contribution in [1.29, 1.82) is 0 Å². The third kappa shape index (κ3) is 4.23. The molecule has 3 rings (SSSR count). The highest BCUT2D eigenvalue weighted by Crippen LogP contribution is 2.26. The highest BCUT2D eigenvalue weighted by Gasteiger charge is 2.21. The number of amides is 2. The Morgan fingerprint density at radius 2 is 1.88 bits per heavy atom. The summed E-state index contributed by atoms with van der Waals surface area (Å²) in [7, 11) is 0. The SMILES string of the molecule is CC(C)c1ccccc1OCC(=O)Nc1ccc(N2CCCC2=O)cc1. The average molecular weight is 352 g/mol. The molecule has 1 fully saturated rings. The Morgan fingerprint density at radius 1 is 1.15 bits per heavy atom. The van der Waals surface area contributed by atoms with Gasteiger partial charge in [-0.3, -0.25) is 9.59 Å². The standard InChI is InChI=1S/C21H24N2O3/c1-15(2)18-6-3-4-7-19(18)26-14-20(24)22-16-9-11-17(12-10-16)23-13-5-8-21(23)25/h3-4,6-7,9-12,15H,5,8,13-14H2,1-2H3,(H,22,24). The number of benzene rings is 2. The molecule has 5 heteroatoms. The Hall–Kier alpha value is -2.82. The summed E-state index contributed by atoms with van der Waals surface area (Å²) >= 11 is 0. The lowest BCUT2D eigenvalue weighted by Crippen LogP contribution is -2.23. The second-order valence-electron chi connectivity index (χ2n) is 6.73. The van der Waals surface area contributed by atoms with Gasteiger partial charge in [-0.15, -0.1) is 0 Å². The first-order valence-corrected chi connectivity index (χ1v) is 8.96. The number of para-hydroxylation sites is 1. The van der Waals surface area contributed by atoms with Crippen LogP contribution in [0.1, 0.15) is 38.2 Å². The van der Waals surface area contributed by atoms with Crippen LogP contribution in [0.5, 0.6) is 5.75 Å². The summed E-state index contributed by atoms with van der Waals surface area (Å²) in [5.74, 6) is 1.00. The van der Waals surface area contributed by atoms with Gasteiger partial charge in [-0.25, -0.2) is 0 Å². The number of nitrogens with one attached hydrogen (secondary N) is 1. The first-order chi connectivity index (χ1) is 12.5. The topological polar surface area (TPSA) is 58.6 Å². The van der Waals surface area contributed by atoms with Gasteiger partial charge >= 0.3 is 0 Å². The summed E-state index contributed by atoms with van der Waals surface area (Å²) < 4.78 is 5.69. The van der Waals surface area contributed by atoms with Crippen LogP contribution in [0, 0.1) is 0 Å². The largest absolute Gasteiger partial charge is 0.483 e. The molecule has 2 aromatic rings. The molecule has 1 saturated heterocycles. The van der Waals surface area contributed by atoms with Crippen LogP contribution < -0.4 is 15.0 Å². The van der Waals surface area contributed by atoms with Gasteiger partial charge in [0.25, 0.3) is 5.91 Å². The highest BCUT2D eigenvalue weighted by atomic mass is 16.5. The van der Waals surface area contributed by atoms with Crippen molar-refractivity contribution in [1.82, 2.24) is 0 Å². The molecule has 0 unspecified atom stereocenters.